The molecule has 0 saturated carbocycles. The number of amides is 2. The molecule has 96 valence electrons. The largest absolute Gasteiger partial charge is 0.478 e. The third kappa shape index (κ3) is 7.97. The Balaban J connectivity index is 3.98. The number of carbonyl (C=O) groups is 3. The third-order valence-electron chi connectivity index (χ3n) is 1.75. The molecule has 0 aromatic heterocycles. The molecule has 0 fully saturated rings. The Morgan fingerprint density at radius 2 is 2.00 bits per heavy atom. The first kappa shape index (κ1) is 15.1. The number of likely N-dealkylation sites (N-methyl/N-ethyl adjacent to an activating group) is 1. The van der Waals surface area contributed by atoms with Crippen LogP contribution >= 0.6 is 0 Å². The highest BCUT2D eigenvalue weighted by atomic mass is 16.5. The Morgan fingerprint density at radius 3 is 2.53 bits per heavy atom. The van der Waals surface area contributed by atoms with Gasteiger partial charge in [-0.25, -0.2) is 4.79 Å². The lowest BCUT2D eigenvalue weighted by molar-refractivity contribution is -0.132. The number of carbonyl (C=O) groups excluding carboxylic acids is 2. The second-order valence-corrected chi connectivity index (χ2v) is 3.21. The predicted octanol–water partition coefficient (Wildman–Crippen LogP) is -1.15. The van der Waals surface area contributed by atoms with Crippen molar-refractivity contribution < 1.29 is 24.2 Å². The van der Waals surface area contributed by atoms with E-state index in [1.165, 1.54) is 14.2 Å². The zero-order chi connectivity index (χ0) is 13.3. The Bertz CT molecular complexity index is 314. The zero-order valence-corrected chi connectivity index (χ0v) is 9.80. The molecule has 17 heavy (non-hydrogen) atoms. The summed E-state index contributed by atoms with van der Waals surface area (Å²) in [6, 6.07) is 0. The van der Waals surface area contributed by atoms with E-state index in [2.05, 4.69) is 5.32 Å². The minimum atomic E-state index is -1.21. The summed E-state index contributed by atoms with van der Waals surface area (Å²) >= 11 is 0. The highest BCUT2D eigenvalue weighted by Crippen LogP contribution is 1.87. The number of nitrogens with one attached hydrogen (secondary N) is 1. The number of ether oxygens (including phenoxy) is 1. The topological polar surface area (TPSA) is 95.9 Å². The fourth-order valence-corrected chi connectivity index (χ4v) is 0.912. The van der Waals surface area contributed by atoms with Crippen LogP contribution in [-0.4, -0.2) is 61.6 Å². The molecule has 0 aliphatic carbocycles. The van der Waals surface area contributed by atoms with Crippen molar-refractivity contribution in [2.75, 3.05) is 33.9 Å². The van der Waals surface area contributed by atoms with E-state index in [0.717, 1.165) is 17.1 Å². The number of carboxylic acid groups (broad SMARTS) is 1. The standard InChI is InChI=1S/C10H16N2O5/c1-12(9(14)3-4-10(15)16)7-8(13)11-5-6-17-2/h3-4H,5-7H2,1-2H3,(H,11,13)(H,15,16)/b4-3+. The van der Waals surface area contributed by atoms with Crippen LogP contribution in [0.25, 0.3) is 0 Å². The first-order valence-electron chi connectivity index (χ1n) is 4.89. The molecule has 7 nitrogen and oxygen atoms in total. The molecule has 2 amide bonds. The van der Waals surface area contributed by atoms with Gasteiger partial charge in [-0.1, -0.05) is 0 Å². The van der Waals surface area contributed by atoms with Crippen molar-refractivity contribution in [2.45, 2.75) is 0 Å². The van der Waals surface area contributed by atoms with Crippen molar-refractivity contribution in [1.82, 2.24) is 10.2 Å². The lowest BCUT2D eigenvalue weighted by Gasteiger charge is -2.14. The van der Waals surface area contributed by atoms with E-state index < -0.39 is 11.9 Å². The van der Waals surface area contributed by atoms with E-state index in [1.54, 1.807) is 0 Å². The molecule has 0 aromatic rings. The lowest BCUT2D eigenvalue weighted by atomic mass is 10.4. The normalized spacial score (nSPS) is 10.2. The van der Waals surface area contributed by atoms with Crippen molar-refractivity contribution >= 4 is 17.8 Å². The molecule has 0 radical (unpaired) electrons. The Morgan fingerprint density at radius 1 is 1.35 bits per heavy atom. The minimum Gasteiger partial charge on any atom is -0.478 e. The second-order valence-electron chi connectivity index (χ2n) is 3.21. The lowest BCUT2D eigenvalue weighted by Crippen LogP contribution is -2.38. The van der Waals surface area contributed by atoms with Crippen LogP contribution in [0, 0.1) is 0 Å². The van der Waals surface area contributed by atoms with Crippen molar-refractivity contribution in [3.63, 3.8) is 0 Å². The van der Waals surface area contributed by atoms with Gasteiger partial charge in [0.2, 0.25) is 11.8 Å². The molecular formula is C10H16N2O5. The molecule has 0 unspecified atom stereocenters. The third-order valence-corrected chi connectivity index (χ3v) is 1.75. The maximum Gasteiger partial charge on any atom is 0.328 e. The van der Waals surface area contributed by atoms with Gasteiger partial charge in [0.15, 0.2) is 0 Å². The fraction of sp³-hybridized carbons (Fsp3) is 0.500. The van der Waals surface area contributed by atoms with Gasteiger partial charge in [0.1, 0.15) is 0 Å². The number of hydrogen-bond acceptors (Lipinski definition) is 4. The van der Waals surface area contributed by atoms with Gasteiger partial charge in [-0.2, -0.15) is 0 Å². The number of carboxylic acids is 1. The SMILES string of the molecule is COCCNC(=O)CN(C)C(=O)/C=C/C(=O)O. The quantitative estimate of drug-likeness (QED) is 0.435. The molecular weight excluding hydrogens is 228 g/mol. The van der Waals surface area contributed by atoms with Gasteiger partial charge in [0.25, 0.3) is 0 Å². The number of aliphatic carboxylic acids is 1. The number of methoxy groups -OCH3 is 1. The minimum absolute atomic E-state index is 0.132. The summed E-state index contributed by atoms with van der Waals surface area (Å²) in [4.78, 5) is 33.8. The molecule has 0 spiro atoms. The molecule has 0 aliphatic heterocycles. The molecule has 0 rings (SSSR count). The van der Waals surface area contributed by atoms with E-state index >= 15 is 0 Å². The summed E-state index contributed by atoms with van der Waals surface area (Å²) < 4.78 is 4.74. The van der Waals surface area contributed by atoms with E-state index in [4.69, 9.17) is 9.84 Å². The van der Waals surface area contributed by atoms with Gasteiger partial charge in [-0.15, -0.1) is 0 Å². The molecule has 0 aliphatic rings. The summed E-state index contributed by atoms with van der Waals surface area (Å²) in [7, 11) is 2.92. The van der Waals surface area contributed by atoms with Gasteiger partial charge in [0.05, 0.1) is 13.2 Å². The molecule has 2 N–H and O–H groups in total. The zero-order valence-electron chi connectivity index (χ0n) is 9.80. The van der Waals surface area contributed by atoms with E-state index in [-0.39, 0.29) is 12.5 Å². The smallest absolute Gasteiger partial charge is 0.328 e. The summed E-state index contributed by atoms with van der Waals surface area (Å²) in [5.74, 6) is -2.09. The van der Waals surface area contributed by atoms with Crippen molar-refractivity contribution in [3.05, 3.63) is 12.2 Å². The second kappa shape index (κ2) is 8.28. The summed E-state index contributed by atoms with van der Waals surface area (Å²) in [6.45, 7) is 0.622. The average molecular weight is 244 g/mol. The van der Waals surface area contributed by atoms with Crippen LogP contribution in [0.3, 0.4) is 0 Å². The number of nitrogens with zero attached hydrogens (tertiary/aromatic N) is 1. The summed E-state index contributed by atoms with van der Waals surface area (Å²) in [5.41, 5.74) is 0. The number of hydrogen-bond donors (Lipinski definition) is 2. The van der Waals surface area contributed by atoms with Crippen LogP contribution in [0.1, 0.15) is 0 Å². The summed E-state index contributed by atoms with van der Waals surface area (Å²) in [5, 5.41) is 10.9. The molecule has 0 aromatic carbocycles. The van der Waals surface area contributed by atoms with Gasteiger partial charge >= 0.3 is 5.97 Å². The number of rotatable bonds is 7. The van der Waals surface area contributed by atoms with Gasteiger partial charge in [-0.05, 0) is 0 Å². The Hall–Kier alpha value is -1.89. The molecule has 0 saturated heterocycles. The molecule has 0 atom stereocenters. The van der Waals surface area contributed by atoms with Gasteiger partial charge < -0.3 is 20.1 Å². The van der Waals surface area contributed by atoms with E-state index in [9.17, 15) is 14.4 Å². The Labute approximate surface area is 99.0 Å². The maximum atomic E-state index is 11.3. The average Bonchev–Trinajstić information content (AvgIpc) is 2.26. The van der Waals surface area contributed by atoms with Gasteiger partial charge in [0, 0.05) is 32.9 Å². The van der Waals surface area contributed by atoms with Crippen LogP contribution in [0.5, 0.6) is 0 Å². The molecule has 0 heterocycles. The first-order valence-corrected chi connectivity index (χ1v) is 4.89. The van der Waals surface area contributed by atoms with Crippen molar-refractivity contribution in [3.8, 4) is 0 Å². The van der Waals surface area contributed by atoms with Crippen molar-refractivity contribution in [2.24, 2.45) is 0 Å². The fourth-order valence-electron chi connectivity index (χ4n) is 0.912. The Kier molecular flexibility index (Phi) is 7.36. The monoisotopic (exact) mass is 244 g/mol. The predicted molar refractivity (Wildman–Crippen MR) is 59.3 cm³/mol. The first-order chi connectivity index (χ1) is 7.97. The highest BCUT2D eigenvalue weighted by molar-refractivity contribution is 5.95. The van der Waals surface area contributed by atoms with Crippen LogP contribution < -0.4 is 5.32 Å². The molecule has 0 bridgehead atoms. The van der Waals surface area contributed by atoms with Crippen LogP contribution in [0.15, 0.2) is 12.2 Å². The summed E-state index contributed by atoms with van der Waals surface area (Å²) in [6.07, 6.45) is 1.62. The van der Waals surface area contributed by atoms with Gasteiger partial charge in [-0.3, -0.25) is 9.59 Å². The van der Waals surface area contributed by atoms with Crippen LogP contribution in [-0.2, 0) is 19.1 Å². The van der Waals surface area contributed by atoms with E-state index in [0.29, 0.717) is 13.2 Å². The van der Waals surface area contributed by atoms with E-state index in [1.807, 2.05) is 0 Å². The highest BCUT2D eigenvalue weighted by Gasteiger charge is 2.10. The van der Waals surface area contributed by atoms with Crippen LogP contribution in [0.4, 0.5) is 0 Å². The van der Waals surface area contributed by atoms with Crippen molar-refractivity contribution in [1.29, 1.82) is 0 Å². The molecule has 7 heteroatoms. The van der Waals surface area contributed by atoms with Crippen LogP contribution in [0.2, 0.25) is 0 Å². The maximum absolute atomic E-state index is 11.3.